The molecule has 0 saturated heterocycles. The molecule has 0 aliphatic carbocycles. The number of hydrogen-bond acceptors (Lipinski definition) is 3. The number of hydrogen-bond donors (Lipinski definition) is 1. The lowest BCUT2D eigenvalue weighted by Gasteiger charge is -2.08. The first kappa shape index (κ1) is 13.5. The second-order valence-electron chi connectivity index (χ2n) is 4.22. The Balaban J connectivity index is 2.15. The summed E-state index contributed by atoms with van der Waals surface area (Å²) in [6.07, 6.45) is 0. The summed E-state index contributed by atoms with van der Waals surface area (Å²) >= 11 is 12.5. The molecule has 0 aliphatic rings. The van der Waals surface area contributed by atoms with Gasteiger partial charge in [0.15, 0.2) is 4.77 Å². The van der Waals surface area contributed by atoms with Crippen molar-refractivity contribution >= 4 is 45.4 Å². The molecule has 102 valence electrons. The number of rotatable bonds is 2. The third-order valence-electron chi connectivity index (χ3n) is 2.93. The molecule has 7 heteroatoms. The molecule has 1 N–H and O–H groups in total. The van der Waals surface area contributed by atoms with E-state index in [4.69, 9.17) is 23.8 Å². The normalized spacial score (nSPS) is 11.1. The van der Waals surface area contributed by atoms with Gasteiger partial charge >= 0.3 is 0 Å². The van der Waals surface area contributed by atoms with Crippen molar-refractivity contribution in [2.24, 2.45) is 0 Å². The molecule has 0 aliphatic heterocycles. The van der Waals surface area contributed by atoms with Gasteiger partial charge in [-0.3, -0.25) is 9.36 Å². The molecule has 0 unspecified atom stereocenters. The van der Waals surface area contributed by atoms with Crippen LogP contribution in [0.3, 0.4) is 0 Å². The Kier molecular flexibility index (Phi) is 3.45. The topological polar surface area (TPSA) is 37.8 Å². The molecule has 0 spiro atoms. The van der Waals surface area contributed by atoms with Gasteiger partial charge in [0.25, 0.3) is 5.56 Å². The summed E-state index contributed by atoms with van der Waals surface area (Å²) in [6.45, 7) is 0.209. The first-order chi connectivity index (χ1) is 9.56. The van der Waals surface area contributed by atoms with Crippen LogP contribution < -0.4 is 5.56 Å². The molecule has 3 nitrogen and oxygen atoms in total. The number of aromatic nitrogens is 2. The van der Waals surface area contributed by atoms with Gasteiger partial charge in [-0.1, -0.05) is 17.7 Å². The van der Waals surface area contributed by atoms with Crippen LogP contribution in [0.25, 0.3) is 10.2 Å². The van der Waals surface area contributed by atoms with Crippen molar-refractivity contribution in [2.45, 2.75) is 6.54 Å². The molecule has 0 amide bonds. The lowest BCUT2D eigenvalue weighted by molar-refractivity contribution is 0.626. The molecular formula is C13H8ClFN2OS2. The summed E-state index contributed by atoms with van der Waals surface area (Å²) in [4.78, 5) is 15.4. The van der Waals surface area contributed by atoms with Gasteiger partial charge in [-0.2, -0.15) is 0 Å². The molecular weight excluding hydrogens is 319 g/mol. The fraction of sp³-hybridized carbons (Fsp3) is 0.0769. The molecule has 1 aromatic carbocycles. The summed E-state index contributed by atoms with van der Waals surface area (Å²) < 4.78 is 15.4. The minimum absolute atomic E-state index is 0.167. The molecule has 2 heterocycles. The summed E-state index contributed by atoms with van der Waals surface area (Å²) in [7, 11) is 0. The van der Waals surface area contributed by atoms with Crippen molar-refractivity contribution < 1.29 is 4.39 Å². The van der Waals surface area contributed by atoms with E-state index in [1.54, 1.807) is 6.07 Å². The van der Waals surface area contributed by atoms with E-state index in [1.165, 1.54) is 28.0 Å². The van der Waals surface area contributed by atoms with Crippen molar-refractivity contribution in [1.82, 2.24) is 9.55 Å². The second kappa shape index (κ2) is 5.12. The number of aromatic amines is 1. The van der Waals surface area contributed by atoms with Crippen LogP contribution in [0.1, 0.15) is 5.56 Å². The third kappa shape index (κ3) is 2.30. The Morgan fingerprint density at radius 1 is 1.40 bits per heavy atom. The summed E-state index contributed by atoms with van der Waals surface area (Å²) in [5.41, 5.74) is 1.20. The van der Waals surface area contributed by atoms with E-state index in [-0.39, 0.29) is 17.1 Å². The molecule has 0 bridgehead atoms. The maximum Gasteiger partial charge on any atom is 0.272 e. The lowest BCUT2D eigenvalue weighted by atomic mass is 10.2. The average molecular weight is 327 g/mol. The van der Waals surface area contributed by atoms with E-state index in [9.17, 15) is 9.18 Å². The monoisotopic (exact) mass is 326 g/mol. The second-order valence-corrected chi connectivity index (χ2v) is 5.93. The molecule has 0 atom stereocenters. The molecule has 0 saturated carbocycles. The zero-order valence-corrected chi connectivity index (χ0v) is 12.4. The zero-order chi connectivity index (χ0) is 14.3. The van der Waals surface area contributed by atoms with Crippen molar-refractivity contribution in [3.8, 4) is 0 Å². The van der Waals surface area contributed by atoms with Crippen LogP contribution in [0, 0.1) is 10.6 Å². The molecule has 20 heavy (non-hydrogen) atoms. The molecule has 3 rings (SSSR count). The van der Waals surface area contributed by atoms with E-state index >= 15 is 0 Å². The third-order valence-corrected chi connectivity index (χ3v) is 4.51. The number of H-pyrrole nitrogens is 1. The summed E-state index contributed by atoms with van der Waals surface area (Å²) in [5, 5.41) is 2.10. The maximum absolute atomic E-state index is 13.0. The highest BCUT2D eigenvalue weighted by Crippen LogP contribution is 2.19. The van der Waals surface area contributed by atoms with Crippen LogP contribution in [0.15, 0.2) is 34.4 Å². The first-order valence-electron chi connectivity index (χ1n) is 5.70. The predicted octanol–water partition coefficient (Wildman–Crippen LogP) is 3.96. The van der Waals surface area contributed by atoms with Crippen molar-refractivity contribution in [3.63, 3.8) is 0 Å². The zero-order valence-electron chi connectivity index (χ0n) is 10.0. The predicted molar refractivity (Wildman–Crippen MR) is 81.8 cm³/mol. The van der Waals surface area contributed by atoms with Crippen molar-refractivity contribution in [3.05, 3.63) is 61.2 Å². The van der Waals surface area contributed by atoms with Gasteiger partial charge in [-0.15, -0.1) is 11.3 Å². The van der Waals surface area contributed by atoms with Gasteiger partial charge < -0.3 is 4.98 Å². The van der Waals surface area contributed by atoms with Crippen LogP contribution >= 0.6 is 35.2 Å². The number of nitrogens with zero attached hydrogens (tertiary/aromatic N) is 1. The van der Waals surface area contributed by atoms with E-state index in [0.29, 0.717) is 15.0 Å². The minimum atomic E-state index is -0.412. The Hall–Kier alpha value is -1.50. The van der Waals surface area contributed by atoms with Crippen LogP contribution in [-0.4, -0.2) is 9.55 Å². The quantitative estimate of drug-likeness (QED) is 0.724. The molecule has 0 radical (unpaired) electrons. The largest absolute Gasteiger partial charge is 0.331 e. The van der Waals surface area contributed by atoms with Gasteiger partial charge in [-0.25, -0.2) is 4.39 Å². The van der Waals surface area contributed by atoms with Crippen LogP contribution in [0.2, 0.25) is 5.02 Å². The van der Waals surface area contributed by atoms with Crippen molar-refractivity contribution in [1.29, 1.82) is 0 Å². The Morgan fingerprint density at radius 3 is 2.95 bits per heavy atom. The Morgan fingerprint density at radius 2 is 2.20 bits per heavy atom. The number of benzene rings is 1. The van der Waals surface area contributed by atoms with Crippen LogP contribution in [0.5, 0.6) is 0 Å². The highest BCUT2D eigenvalue weighted by atomic mass is 35.5. The van der Waals surface area contributed by atoms with Crippen molar-refractivity contribution in [2.75, 3.05) is 0 Å². The Labute approximate surface area is 127 Å². The number of nitrogens with one attached hydrogen (secondary N) is 1. The standard InChI is InChI=1S/C13H8ClFN2OS2/c14-9-5-8(15)2-1-7(9)6-17-12(18)11-10(3-4-20-11)16-13(17)19/h1-5H,6H2,(H,16,19). The fourth-order valence-corrected chi connectivity index (χ4v) is 3.22. The first-order valence-corrected chi connectivity index (χ1v) is 7.37. The van der Waals surface area contributed by atoms with E-state index in [2.05, 4.69) is 4.98 Å². The van der Waals surface area contributed by atoms with Gasteiger partial charge in [-0.05, 0) is 41.4 Å². The molecule has 3 aromatic rings. The Bertz CT molecular complexity index is 913. The minimum Gasteiger partial charge on any atom is -0.331 e. The van der Waals surface area contributed by atoms with Crippen LogP contribution in [-0.2, 0) is 6.54 Å². The average Bonchev–Trinajstić information content (AvgIpc) is 2.85. The van der Waals surface area contributed by atoms with Gasteiger partial charge in [0.2, 0.25) is 0 Å². The van der Waals surface area contributed by atoms with Gasteiger partial charge in [0.1, 0.15) is 10.5 Å². The number of fused-ring (bicyclic) bond motifs is 1. The van der Waals surface area contributed by atoms with Crippen LogP contribution in [0.4, 0.5) is 4.39 Å². The molecule has 2 aromatic heterocycles. The fourth-order valence-electron chi connectivity index (χ4n) is 1.93. The molecule has 0 fully saturated rings. The lowest BCUT2D eigenvalue weighted by Crippen LogP contribution is -2.22. The van der Waals surface area contributed by atoms with Gasteiger partial charge in [0.05, 0.1) is 12.1 Å². The van der Waals surface area contributed by atoms with E-state index in [0.717, 1.165) is 5.52 Å². The smallest absolute Gasteiger partial charge is 0.272 e. The number of halogens is 2. The van der Waals surface area contributed by atoms with Gasteiger partial charge in [0, 0.05) is 5.02 Å². The highest BCUT2D eigenvalue weighted by Gasteiger charge is 2.09. The highest BCUT2D eigenvalue weighted by molar-refractivity contribution is 7.71. The SMILES string of the molecule is O=c1c2sccc2[nH]c(=S)n1Cc1ccc(F)cc1Cl. The maximum atomic E-state index is 13.0. The summed E-state index contributed by atoms with van der Waals surface area (Å²) in [5.74, 6) is -0.412. The summed E-state index contributed by atoms with van der Waals surface area (Å²) in [6, 6.07) is 5.89. The van der Waals surface area contributed by atoms with E-state index in [1.807, 2.05) is 11.4 Å². The number of thiophene rings is 1. The van der Waals surface area contributed by atoms with E-state index < -0.39 is 5.82 Å².